The van der Waals surface area contributed by atoms with Gasteiger partial charge in [-0.3, -0.25) is 0 Å². The monoisotopic (exact) mass is 296 g/mol. The quantitative estimate of drug-likeness (QED) is 0.805. The van der Waals surface area contributed by atoms with Gasteiger partial charge < -0.3 is 4.90 Å². The molecule has 3 fully saturated rings. The Kier molecular flexibility index (Phi) is 5.97. The van der Waals surface area contributed by atoms with Crippen LogP contribution in [-0.2, 0) is 0 Å². The van der Waals surface area contributed by atoms with Crippen molar-refractivity contribution in [3.8, 4) is 0 Å². The van der Waals surface area contributed by atoms with Crippen molar-refractivity contribution in [3.05, 3.63) is 0 Å². The Morgan fingerprint density at radius 2 is 1.43 bits per heavy atom. The molecular weight excluding hydrogens is 261 g/mol. The summed E-state index contributed by atoms with van der Waals surface area (Å²) in [6.07, 6.45) is 15.4. The van der Waals surface area contributed by atoms with E-state index in [1.54, 1.807) is 0 Å². The Bertz CT molecular complexity index is 292. The topological polar surface area (TPSA) is 4.44 Å². The molecular formula is C19H35FN+. The largest absolute Gasteiger partial charge is 0.334 e. The van der Waals surface area contributed by atoms with Gasteiger partial charge in [0.15, 0.2) is 0 Å². The molecule has 0 bridgehead atoms. The standard InChI is InChI=1S/C19H34FN/c20-19-10-8-17(9-11-19)14-21-12-4-7-18(15-21)13-16-5-2-1-3-6-16/h16-19H,1-15H2/p+1. The molecule has 1 N–H and O–H groups in total. The van der Waals surface area contributed by atoms with Crippen LogP contribution in [0.1, 0.15) is 77.0 Å². The van der Waals surface area contributed by atoms with Crippen LogP contribution >= 0.6 is 0 Å². The summed E-state index contributed by atoms with van der Waals surface area (Å²) in [4.78, 5) is 1.85. The van der Waals surface area contributed by atoms with E-state index in [9.17, 15) is 4.39 Å². The van der Waals surface area contributed by atoms with Crippen molar-refractivity contribution in [2.45, 2.75) is 83.2 Å². The SMILES string of the molecule is FC1CCC(C[NH+]2CCCC(CC3CCCCC3)C2)CC1. The molecule has 0 aromatic rings. The third-order valence-electron chi connectivity index (χ3n) is 6.47. The van der Waals surface area contributed by atoms with E-state index in [2.05, 4.69) is 0 Å². The lowest BCUT2D eigenvalue weighted by atomic mass is 9.80. The number of nitrogens with one attached hydrogen (secondary N) is 1. The zero-order chi connectivity index (χ0) is 14.5. The molecule has 0 radical (unpaired) electrons. The van der Waals surface area contributed by atoms with Gasteiger partial charge in [-0.25, -0.2) is 4.39 Å². The Hall–Kier alpha value is -0.110. The van der Waals surface area contributed by atoms with Gasteiger partial charge in [-0.1, -0.05) is 32.1 Å². The summed E-state index contributed by atoms with van der Waals surface area (Å²) < 4.78 is 13.3. The molecule has 3 aliphatic rings. The Morgan fingerprint density at radius 3 is 2.19 bits per heavy atom. The lowest BCUT2D eigenvalue weighted by Crippen LogP contribution is -3.14. The fourth-order valence-electron chi connectivity index (χ4n) is 5.27. The highest BCUT2D eigenvalue weighted by molar-refractivity contribution is 4.74. The van der Waals surface area contributed by atoms with E-state index in [-0.39, 0.29) is 0 Å². The van der Waals surface area contributed by atoms with Crippen LogP contribution < -0.4 is 4.90 Å². The van der Waals surface area contributed by atoms with E-state index < -0.39 is 6.17 Å². The Labute approximate surface area is 130 Å². The molecule has 0 aromatic heterocycles. The molecule has 21 heavy (non-hydrogen) atoms. The van der Waals surface area contributed by atoms with Crippen molar-refractivity contribution >= 4 is 0 Å². The zero-order valence-corrected chi connectivity index (χ0v) is 13.8. The van der Waals surface area contributed by atoms with Crippen LogP contribution in [0.2, 0.25) is 0 Å². The first-order chi connectivity index (χ1) is 10.3. The van der Waals surface area contributed by atoms with Crippen molar-refractivity contribution in [2.75, 3.05) is 19.6 Å². The van der Waals surface area contributed by atoms with Gasteiger partial charge >= 0.3 is 0 Å². The molecule has 2 atom stereocenters. The molecule has 1 nitrogen and oxygen atoms in total. The molecule has 1 saturated heterocycles. The predicted octanol–water partition coefficient (Wildman–Crippen LogP) is 3.78. The van der Waals surface area contributed by atoms with Gasteiger partial charge in [-0.15, -0.1) is 0 Å². The van der Waals surface area contributed by atoms with Crippen LogP contribution in [0.15, 0.2) is 0 Å². The number of quaternary nitrogens is 1. The summed E-state index contributed by atoms with van der Waals surface area (Å²) in [5.74, 6) is 2.86. The second-order valence-electron chi connectivity index (χ2n) is 8.27. The molecule has 122 valence electrons. The first-order valence-corrected chi connectivity index (χ1v) is 9.77. The molecule has 2 saturated carbocycles. The van der Waals surface area contributed by atoms with Crippen LogP contribution in [0.3, 0.4) is 0 Å². The predicted molar refractivity (Wildman–Crippen MR) is 86.3 cm³/mol. The molecule has 2 aliphatic carbocycles. The fourth-order valence-corrected chi connectivity index (χ4v) is 5.27. The van der Waals surface area contributed by atoms with Crippen molar-refractivity contribution in [2.24, 2.45) is 17.8 Å². The van der Waals surface area contributed by atoms with Gasteiger partial charge in [0.25, 0.3) is 0 Å². The van der Waals surface area contributed by atoms with E-state index in [4.69, 9.17) is 0 Å². The number of rotatable bonds is 4. The highest BCUT2D eigenvalue weighted by Gasteiger charge is 2.29. The van der Waals surface area contributed by atoms with Crippen LogP contribution in [0.4, 0.5) is 4.39 Å². The molecule has 1 heterocycles. The fraction of sp³-hybridized carbons (Fsp3) is 1.00. The maximum Gasteiger partial charge on any atom is 0.100 e. The number of piperidine rings is 1. The first kappa shape index (κ1) is 15.8. The van der Waals surface area contributed by atoms with E-state index in [1.807, 2.05) is 4.90 Å². The summed E-state index contributed by atoms with van der Waals surface area (Å²) in [6, 6.07) is 0. The number of halogens is 1. The Morgan fingerprint density at radius 1 is 0.714 bits per heavy atom. The number of hydrogen-bond donors (Lipinski definition) is 1. The van der Waals surface area contributed by atoms with Crippen LogP contribution in [0.5, 0.6) is 0 Å². The van der Waals surface area contributed by atoms with E-state index in [0.29, 0.717) is 0 Å². The normalized spacial score (nSPS) is 39.3. The second kappa shape index (κ2) is 7.94. The average molecular weight is 296 g/mol. The molecule has 2 heteroatoms. The van der Waals surface area contributed by atoms with E-state index in [1.165, 1.54) is 71.0 Å². The van der Waals surface area contributed by atoms with Gasteiger partial charge in [-0.2, -0.15) is 0 Å². The summed E-state index contributed by atoms with van der Waals surface area (Å²) >= 11 is 0. The zero-order valence-electron chi connectivity index (χ0n) is 13.8. The highest BCUT2D eigenvalue weighted by Crippen LogP contribution is 2.31. The third-order valence-corrected chi connectivity index (χ3v) is 6.47. The number of alkyl halides is 1. The minimum absolute atomic E-state index is 0.489. The van der Waals surface area contributed by atoms with E-state index >= 15 is 0 Å². The summed E-state index contributed by atoms with van der Waals surface area (Å²) in [6.45, 7) is 4.15. The number of likely N-dealkylation sites (tertiary alicyclic amines) is 1. The molecule has 0 spiro atoms. The van der Waals surface area contributed by atoms with Gasteiger partial charge in [0.2, 0.25) is 0 Å². The maximum absolute atomic E-state index is 13.3. The second-order valence-corrected chi connectivity index (χ2v) is 8.27. The summed E-state index contributed by atoms with van der Waals surface area (Å²) in [5, 5.41) is 0. The van der Waals surface area contributed by atoms with Gasteiger partial charge in [-0.05, 0) is 50.9 Å². The van der Waals surface area contributed by atoms with E-state index in [0.717, 1.165) is 43.4 Å². The first-order valence-electron chi connectivity index (χ1n) is 9.77. The van der Waals surface area contributed by atoms with Crippen molar-refractivity contribution < 1.29 is 9.29 Å². The number of hydrogen-bond acceptors (Lipinski definition) is 0. The van der Waals surface area contributed by atoms with Crippen molar-refractivity contribution in [1.29, 1.82) is 0 Å². The molecule has 0 aromatic carbocycles. The van der Waals surface area contributed by atoms with Crippen LogP contribution in [-0.4, -0.2) is 25.8 Å². The highest BCUT2D eigenvalue weighted by atomic mass is 19.1. The van der Waals surface area contributed by atoms with Gasteiger partial charge in [0.05, 0.1) is 19.6 Å². The van der Waals surface area contributed by atoms with Crippen molar-refractivity contribution in [1.82, 2.24) is 0 Å². The summed E-state index contributed by atoms with van der Waals surface area (Å²) in [5.41, 5.74) is 0. The van der Waals surface area contributed by atoms with Gasteiger partial charge in [0, 0.05) is 11.8 Å². The van der Waals surface area contributed by atoms with Crippen LogP contribution in [0, 0.1) is 17.8 Å². The lowest BCUT2D eigenvalue weighted by Gasteiger charge is -2.35. The maximum atomic E-state index is 13.3. The van der Waals surface area contributed by atoms with Crippen LogP contribution in [0.25, 0.3) is 0 Å². The minimum Gasteiger partial charge on any atom is -0.334 e. The molecule has 0 amide bonds. The average Bonchev–Trinajstić information content (AvgIpc) is 2.51. The Balaban J connectivity index is 1.40. The van der Waals surface area contributed by atoms with Gasteiger partial charge in [0.1, 0.15) is 6.17 Å². The minimum atomic E-state index is -0.489. The third kappa shape index (κ3) is 4.94. The van der Waals surface area contributed by atoms with Crippen molar-refractivity contribution in [3.63, 3.8) is 0 Å². The molecule has 1 aliphatic heterocycles. The summed E-state index contributed by atoms with van der Waals surface area (Å²) in [7, 11) is 0. The molecule has 2 unspecified atom stereocenters. The lowest BCUT2D eigenvalue weighted by molar-refractivity contribution is -0.912. The smallest absolute Gasteiger partial charge is 0.100 e. The molecule has 3 rings (SSSR count).